The quantitative estimate of drug-likeness (QED) is 0.250. The van der Waals surface area contributed by atoms with Crippen LogP contribution in [0.15, 0.2) is 83.5 Å². The SMILES string of the molecule is CCCOC(=O)c1ccccc1NC(=O)c1cccc(NC2=C(Cl)C(=O)N(c3ccc(C(C)C)cc3)C2=O)c1. The largest absolute Gasteiger partial charge is 0.462 e. The van der Waals surface area contributed by atoms with Crippen LogP contribution in [0.25, 0.3) is 0 Å². The molecular weight excluding hydrogens is 518 g/mol. The zero-order chi connectivity index (χ0) is 28.1. The molecule has 3 amide bonds. The third-order valence-corrected chi connectivity index (χ3v) is 6.42. The van der Waals surface area contributed by atoms with Gasteiger partial charge in [-0.3, -0.25) is 14.4 Å². The maximum absolute atomic E-state index is 13.2. The van der Waals surface area contributed by atoms with Crippen molar-refractivity contribution < 1.29 is 23.9 Å². The molecule has 3 aromatic carbocycles. The molecule has 0 aliphatic carbocycles. The van der Waals surface area contributed by atoms with Crippen LogP contribution in [-0.2, 0) is 14.3 Å². The number of benzene rings is 3. The van der Waals surface area contributed by atoms with Crippen LogP contribution in [0.4, 0.5) is 17.1 Å². The van der Waals surface area contributed by atoms with Gasteiger partial charge < -0.3 is 15.4 Å². The standard InChI is InChI=1S/C30H28ClN3O5/c1-4-16-39-30(38)23-10-5-6-11-24(23)33-27(35)20-8-7-9-21(17-20)32-26-25(31)28(36)34(29(26)37)22-14-12-19(13-15-22)18(2)3/h5-15,17-18,32H,4,16H2,1-3H3,(H,33,35). The first-order chi connectivity index (χ1) is 18.7. The van der Waals surface area contributed by atoms with Gasteiger partial charge in [-0.25, -0.2) is 9.69 Å². The van der Waals surface area contributed by atoms with Gasteiger partial charge in [-0.15, -0.1) is 0 Å². The van der Waals surface area contributed by atoms with E-state index in [1.54, 1.807) is 54.6 Å². The highest BCUT2D eigenvalue weighted by molar-refractivity contribution is 6.53. The van der Waals surface area contributed by atoms with E-state index >= 15 is 0 Å². The number of anilines is 3. The summed E-state index contributed by atoms with van der Waals surface area (Å²) in [4.78, 5) is 52.4. The third-order valence-electron chi connectivity index (χ3n) is 6.07. The van der Waals surface area contributed by atoms with Crippen LogP contribution < -0.4 is 15.5 Å². The van der Waals surface area contributed by atoms with Crippen molar-refractivity contribution in [2.24, 2.45) is 0 Å². The van der Waals surface area contributed by atoms with Gasteiger partial charge in [0, 0.05) is 11.3 Å². The molecule has 0 fully saturated rings. The predicted octanol–water partition coefficient (Wildman–Crippen LogP) is 6.06. The van der Waals surface area contributed by atoms with Crippen molar-refractivity contribution in [1.29, 1.82) is 0 Å². The Balaban J connectivity index is 1.51. The lowest BCUT2D eigenvalue weighted by atomic mass is 10.0. The molecule has 8 nitrogen and oxygen atoms in total. The van der Waals surface area contributed by atoms with Gasteiger partial charge in [0.25, 0.3) is 17.7 Å². The van der Waals surface area contributed by atoms with E-state index in [-0.39, 0.29) is 28.5 Å². The molecule has 0 atom stereocenters. The normalized spacial score (nSPS) is 13.2. The van der Waals surface area contributed by atoms with Gasteiger partial charge in [0.1, 0.15) is 10.7 Å². The smallest absolute Gasteiger partial charge is 0.340 e. The molecule has 0 bridgehead atoms. The number of imide groups is 1. The molecule has 3 aromatic rings. The number of para-hydroxylation sites is 1. The first-order valence-electron chi connectivity index (χ1n) is 12.5. The van der Waals surface area contributed by atoms with E-state index in [9.17, 15) is 19.2 Å². The van der Waals surface area contributed by atoms with Crippen LogP contribution >= 0.6 is 11.6 Å². The Hall–Kier alpha value is -4.43. The minimum atomic E-state index is -0.637. The van der Waals surface area contributed by atoms with Gasteiger partial charge in [-0.1, -0.05) is 62.7 Å². The molecule has 4 rings (SSSR count). The highest BCUT2D eigenvalue weighted by Crippen LogP contribution is 2.31. The fourth-order valence-electron chi connectivity index (χ4n) is 3.97. The average molecular weight is 546 g/mol. The first-order valence-corrected chi connectivity index (χ1v) is 12.9. The second-order valence-corrected chi connectivity index (χ2v) is 9.60. The lowest BCUT2D eigenvalue weighted by Crippen LogP contribution is -2.32. The minimum Gasteiger partial charge on any atom is -0.462 e. The van der Waals surface area contributed by atoms with Crippen molar-refractivity contribution in [3.63, 3.8) is 0 Å². The molecule has 0 saturated carbocycles. The van der Waals surface area contributed by atoms with Crippen LogP contribution in [0.3, 0.4) is 0 Å². The maximum Gasteiger partial charge on any atom is 0.340 e. The Bertz CT molecular complexity index is 1460. The molecule has 1 aliphatic rings. The molecule has 0 unspecified atom stereocenters. The van der Waals surface area contributed by atoms with Gasteiger partial charge in [0.05, 0.1) is 23.5 Å². The average Bonchev–Trinajstić information content (AvgIpc) is 3.15. The number of nitrogens with zero attached hydrogens (tertiary/aromatic N) is 1. The summed E-state index contributed by atoms with van der Waals surface area (Å²) in [6.07, 6.45) is 0.677. The highest BCUT2D eigenvalue weighted by atomic mass is 35.5. The molecule has 39 heavy (non-hydrogen) atoms. The molecule has 2 N–H and O–H groups in total. The van der Waals surface area contributed by atoms with Crippen LogP contribution in [0.1, 0.15) is 59.4 Å². The van der Waals surface area contributed by atoms with E-state index in [4.69, 9.17) is 16.3 Å². The first kappa shape index (κ1) is 27.6. The van der Waals surface area contributed by atoms with E-state index in [1.165, 1.54) is 6.07 Å². The zero-order valence-corrected chi connectivity index (χ0v) is 22.5. The lowest BCUT2D eigenvalue weighted by Gasteiger charge is -2.16. The van der Waals surface area contributed by atoms with E-state index in [0.29, 0.717) is 29.4 Å². The molecule has 0 aromatic heterocycles. The van der Waals surface area contributed by atoms with Gasteiger partial charge in [0.15, 0.2) is 0 Å². The van der Waals surface area contributed by atoms with E-state index in [1.807, 2.05) is 19.1 Å². The number of halogens is 1. The van der Waals surface area contributed by atoms with Gasteiger partial charge >= 0.3 is 5.97 Å². The molecule has 1 heterocycles. The Kier molecular flexibility index (Phi) is 8.46. The van der Waals surface area contributed by atoms with Crippen molar-refractivity contribution in [1.82, 2.24) is 0 Å². The molecule has 0 saturated heterocycles. The number of ether oxygens (including phenoxy) is 1. The molecule has 0 radical (unpaired) electrons. The maximum atomic E-state index is 13.2. The number of carbonyl (C=O) groups excluding carboxylic acids is 4. The third kappa shape index (κ3) is 6.02. The van der Waals surface area contributed by atoms with Crippen LogP contribution in [0, 0.1) is 0 Å². The summed E-state index contributed by atoms with van der Waals surface area (Å²) in [6.45, 7) is 6.27. The summed E-state index contributed by atoms with van der Waals surface area (Å²) >= 11 is 6.27. The number of amides is 3. The second-order valence-electron chi connectivity index (χ2n) is 9.22. The van der Waals surface area contributed by atoms with Crippen LogP contribution in [0.2, 0.25) is 0 Å². The Morgan fingerprint density at radius 3 is 2.36 bits per heavy atom. The number of carbonyl (C=O) groups is 4. The Labute approximate surface area is 231 Å². The lowest BCUT2D eigenvalue weighted by molar-refractivity contribution is -0.120. The summed E-state index contributed by atoms with van der Waals surface area (Å²) in [5.41, 5.74) is 2.58. The number of nitrogens with one attached hydrogen (secondary N) is 2. The fraction of sp³-hybridized carbons (Fsp3) is 0.200. The van der Waals surface area contributed by atoms with E-state index in [2.05, 4.69) is 24.5 Å². The number of rotatable bonds is 9. The Morgan fingerprint density at radius 1 is 0.949 bits per heavy atom. The van der Waals surface area contributed by atoms with Crippen molar-refractivity contribution in [3.8, 4) is 0 Å². The summed E-state index contributed by atoms with van der Waals surface area (Å²) < 4.78 is 5.20. The van der Waals surface area contributed by atoms with Crippen LogP contribution in [-0.4, -0.2) is 30.3 Å². The number of esters is 1. The molecule has 0 spiro atoms. The summed E-state index contributed by atoms with van der Waals surface area (Å²) in [7, 11) is 0. The summed E-state index contributed by atoms with van der Waals surface area (Å²) in [5.74, 6) is -1.94. The van der Waals surface area contributed by atoms with Crippen molar-refractivity contribution in [2.75, 3.05) is 22.1 Å². The van der Waals surface area contributed by atoms with Crippen LogP contribution in [0.5, 0.6) is 0 Å². The Morgan fingerprint density at radius 2 is 1.67 bits per heavy atom. The van der Waals surface area contributed by atoms with Gasteiger partial charge in [-0.2, -0.15) is 0 Å². The molecule has 1 aliphatic heterocycles. The highest BCUT2D eigenvalue weighted by Gasteiger charge is 2.39. The van der Waals surface area contributed by atoms with Crippen molar-refractivity contribution in [2.45, 2.75) is 33.1 Å². The number of hydrogen-bond donors (Lipinski definition) is 2. The number of hydrogen-bond acceptors (Lipinski definition) is 6. The predicted molar refractivity (Wildman–Crippen MR) is 151 cm³/mol. The zero-order valence-electron chi connectivity index (χ0n) is 21.8. The second kappa shape index (κ2) is 12.0. The molecule has 9 heteroatoms. The van der Waals surface area contributed by atoms with Crippen molar-refractivity contribution in [3.05, 3.63) is 100 Å². The van der Waals surface area contributed by atoms with E-state index < -0.39 is 23.7 Å². The minimum absolute atomic E-state index is 0.0869. The summed E-state index contributed by atoms with van der Waals surface area (Å²) in [5, 5.41) is 5.38. The monoisotopic (exact) mass is 545 g/mol. The molecular formula is C30H28ClN3O5. The molecule has 200 valence electrons. The van der Waals surface area contributed by atoms with E-state index in [0.717, 1.165) is 10.5 Å². The van der Waals surface area contributed by atoms with Gasteiger partial charge in [0.2, 0.25) is 0 Å². The topological polar surface area (TPSA) is 105 Å². The van der Waals surface area contributed by atoms with Crippen molar-refractivity contribution >= 4 is 52.4 Å². The summed E-state index contributed by atoms with van der Waals surface area (Å²) in [6, 6.07) is 20.1. The van der Waals surface area contributed by atoms with Gasteiger partial charge in [-0.05, 0) is 60.4 Å². The fourth-order valence-corrected chi connectivity index (χ4v) is 4.19.